The van der Waals surface area contributed by atoms with Gasteiger partial charge in [0.05, 0.1) is 11.4 Å². The molecule has 0 N–H and O–H groups in total. The second-order valence-electron chi connectivity index (χ2n) is 3.56. The van der Waals surface area contributed by atoms with E-state index < -0.39 is 35.9 Å². The summed E-state index contributed by atoms with van der Waals surface area (Å²) < 4.78 is 62.4. The van der Waals surface area contributed by atoms with Gasteiger partial charge in [0, 0.05) is 12.0 Å². The third-order valence-electron chi connectivity index (χ3n) is 2.24. The van der Waals surface area contributed by atoms with Gasteiger partial charge in [-0.1, -0.05) is 6.07 Å². The molecule has 0 aliphatic carbocycles. The van der Waals surface area contributed by atoms with Crippen LogP contribution < -0.4 is 0 Å². The first-order valence-electron chi connectivity index (χ1n) is 4.81. The first-order valence-corrected chi connectivity index (χ1v) is 5.35. The normalized spacial score (nSPS) is 11.9. The lowest BCUT2D eigenvalue weighted by atomic mass is 10.00. The molecular formula is C11H8ClF5O. The summed E-state index contributed by atoms with van der Waals surface area (Å²) in [7, 11) is 0. The number of ketones is 1. The molecule has 18 heavy (non-hydrogen) atoms. The van der Waals surface area contributed by atoms with Crippen molar-refractivity contribution in [1.29, 1.82) is 0 Å². The quantitative estimate of drug-likeness (QED) is 0.604. The van der Waals surface area contributed by atoms with E-state index in [4.69, 9.17) is 11.6 Å². The van der Waals surface area contributed by atoms with Crippen LogP contribution in [0.3, 0.4) is 0 Å². The SMILES string of the molecule is O=C(CCl)Cc1ccc(C(F)(F)F)cc1C(F)F. The molecule has 1 nitrogen and oxygen atoms in total. The van der Waals surface area contributed by atoms with E-state index in [0.717, 1.165) is 6.07 Å². The predicted octanol–water partition coefficient (Wildman–Crippen LogP) is 3.99. The lowest BCUT2D eigenvalue weighted by Crippen LogP contribution is -2.10. The number of Topliss-reactive ketones (excluding diaryl/α,β-unsaturated/α-hetero) is 1. The molecule has 0 fully saturated rings. The van der Waals surface area contributed by atoms with E-state index >= 15 is 0 Å². The van der Waals surface area contributed by atoms with Gasteiger partial charge in [-0.2, -0.15) is 13.2 Å². The molecule has 0 saturated carbocycles. The highest BCUT2D eigenvalue weighted by atomic mass is 35.5. The van der Waals surface area contributed by atoms with E-state index in [2.05, 4.69) is 0 Å². The monoisotopic (exact) mass is 286 g/mol. The van der Waals surface area contributed by atoms with Gasteiger partial charge in [-0.05, 0) is 17.7 Å². The highest BCUT2D eigenvalue weighted by Crippen LogP contribution is 2.33. The van der Waals surface area contributed by atoms with Gasteiger partial charge in [0.25, 0.3) is 6.43 Å². The van der Waals surface area contributed by atoms with E-state index in [1.165, 1.54) is 0 Å². The summed E-state index contributed by atoms with van der Waals surface area (Å²) in [6.45, 7) is 0. The Balaban J connectivity index is 3.17. The number of alkyl halides is 6. The summed E-state index contributed by atoms with van der Waals surface area (Å²) in [5.41, 5.74) is -2.09. The van der Waals surface area contributed by atoms with Gasteiger partial charge in [-0.3, -0.25) is 4.79 Å². The Labute approximate surface area is 105 Å². The molecule has 0 radical (unpaired) electrons. The van der Waals surface area contributed by atoms with Crippen LogP contribution in [0.4, 0.5) is 22.0 Å². The topological polar surface area (TPSA) is 17.1 Å². The first kappa shape index (κ1) is 14.9. The smallest absolute Gasteiger partial charge is 0.298 e. The minimum absolute atomic E-state index is 0.136. The largest absolute Gasteiger partial charge is 0.416 e. The van der Waals surface area contributed by atoms with Gasteiger partial charge in [0.15, 0.2) is 5.78 Å². The van der Waals surface area contributed by atoms with E-state index in [-0.39, 0.29) is 11.4 Å². The maximum atomic E-state index is 12.6. The number of hydrogen-bond acceptors (Lipinski definition) is 1. The van der Waals surface area contributed by atoms with Gasteiger partial charge in [0.1, 0.15) is 0 Å². The Morgan fingerprint density at radius 1 is 1.28 bits per heavy atom. The standard InChI is InChI=1S/C11H8ClF5O/c12-5-8(18)3-6-1-2-7(11(15,16)17)4-9(6)10(13)14/h1-2,4,10H,3,5H2. The van der Waals surface area contributed by atoms with Gasteiger partial charge in [0.2, 0.25) is 0 Å². The lowest BCUT2D eigenvalue weighted by molar-refractivity contribution is -0.137. The molecule has 1 rings (SSSR count). The molecule has 0 aliphatic rings. The third kappa shape index (κ3) is 3.66. The van der Waals surface area contributed by atoms with Crippen molar-refractivity contribution in [3.63, 3.8) is 0 Å². The molecular weight excluding hydrogens is 279 g/mol. The highest BCUT2D eigenvalue weighted by molar-refractivity contribution is 6.27. The molecule has 100 valence electrons. The third-order valence-corrected chi connectivity index (χ3v) is 2.54. The summed E-state index contributed by atoms with van der Waals surface area (Å²) in [4.78, 5) is 11.0. The second kappa shape index (κ2) is 5.65. The van der Waals surface area contributed by atoms with E-state index in [1.54, 1.807) is 0 Å². The Bertz CT molecular complexity index is 442. The Hall–Kier alpha value is -1.17. The zero-order valence-electron chi connectivity index (χ0n) is 8.90. The number of rotatable bonds is 4. The van der Waals surface area contributed by atoms with Crippen molar-refractivity contribution in [2.45, 2.75) is 19.0 Å². The fourth-order valence-corrected chi connectivity index (χ4v) is 1.49. The minimum atomic E-state index is -4.70. The van der Waals surface area contributed by atoms with Crippen molar-refractivity contribution in [2.75, 3.05) is 5.88 Å². The minimum Gasteiger partial charge on any atom is -0.298 e. The molecule has 0 aromatic heterocycles. The van der Waals surface area contributed by atoms with Crippen molar-refractivity contribution in [1.82, 2.24) is 0 Å². The average molecular weight is 287 g/mol. The zero-order valence-corrected chi connectivity index (χ0v) is 9.66. The Morgan fingerprint density at radius 2 is 1.89 bits per heavy atom. The molecule has 0 spiro atoms. The van der Waals surface area contributed by atoms with Crippen molar-refractivity contribution in [3.8, 4) is 0 Å². The summed E-state index contributed by atoms with van der Waals surface area (Å²) >= 11 is 5.22. The predicted molar refractivity (Wildman–Crippen MR) is 55.8 cm³/mol. The fourth-order valence-electron chi connectivity index (χ4n) is 1.40. The van der Waals surface area contributed by atoms with Gasteiger partial charge in [-0.15, -0.1) is 11.6 Å². The van der Waals surface area contributed by atoms with Crippen molar-refractivity contribution >= 4 is 17.4 Å². The van der Waals surface area contributed by atoms with E-state index in [1.807, 2.05) is 0 Å². The Morgan fingerprint density at radius 3 is 2.33 bits per heavy atom. The van der Waals surface area contributed by atoms with Crippen LogP contribution in [0.15, 0.2) is 18.2 Å². The maximum Gasteiger partial charge on any atom is 0.416 e. The van der Waals surface area contributed by atoms with Crippen LogP contribution in [0.2, 0.25) is 0 Å². The van der Waals surface area contributed by atoms with Crippen LogP contribution in [0.1, 0.15) is 23.1 Å². The van der Waals surface area contributed by atoms with Crippen LogP contribution in [0.5, 0.6) is 0 Å². The molecule has 0 aliphatic heterocycles. The van der Waals surface area contributed by atoms with Crippen LogP contribution >= 0.6 is 11.6 Å². The van der Waals surface area contributed by atoms with Gasteiger partial charge in [-0.25, -0.2) is 8.78 Å². The maximum absolute atomic E-state index is 12.6. The molecule has 1 aromatic rings. The van der Waals surface area contributed by atoms with Crippen molar-refractivity contribution < 1.29 is 26.7 Å². The van der Waals surface area contributed by atoms with Crippen LogP contribution in [-0.2, 0) is 17.4 Å². The second-order valence-corrected chi connectivity index (χ2v) is 3.83. The van der Waals surface area contributed by atoms with Crippen molar-refractivity contribution in [3.05, 3.63) is 34.9 Å². The molecule has 0 atom stereocenters. The molecule has 0 unspecified atom stereocenters. The number of hydrogen-bond donors (Lipinski definition) is 0. The lowest BCUT2D eigenvalue weighted by Gasteiger charge is -2.12. The molecule has 0 amide bonds. The molecule has 1 aromatic carbocycles. The number of carbonyl (C=O) groups excluding carboxylic acids is 1. The van der Waals surface area contributed by atoms with Crippen molar-refractivity contribution in [2.24, 2.45) is 0 Å². The summed E-state index contributed by atoms with van der Waals surface area (Å²) in [6.07, 6.45) is -8.18. The highest BCUT2D eigenvalue weighted by Gasteiger charge is 2.32. The number of halogens is 6. The summed E-state index contributed by atoms with van der Waals surface area (Å²) in [5.74, 6) is -0.901. The van der Waals surface area contributed by atoms with Crippen LogP contribution in [0.25, 0.3) is 0 Å². The fraction of sp³-hybridized carbons (Fsp3) is 0.364. The van der Waals surface area contributed by atoms with Crippen LogP contribution in [-0.4, -0.2) is 11.7 Å². The van der Waals surface area contributed by atoms with E-state index in [0.29, 0.717) is 12.1 Å². The number of benzene rings is 1. The first-order chi connectivity index (χ1) is 8.25. The zero-order chi connectivity index (χ0) is 13.9. The molecule has 7 heteroatoms. The molecule has 0 heterocycles. The molecule has 0 bridgehead atoms. The summed E-state index contributed by atoms with van der Waals surface area (Å²) in [5, 5.41) is 0. The average Bonchev–Trinajstić information content (AvgIpc) is 2.27. The Kier molecular flexibility index (Phi) is 4.67. The molecule has 0 saturated heterocycles. The van der Waals surface area contributed by atoms with Gasteiger partial charge >= 0.3 is 6.18 Å². The van der Waals surface area contributed by atoms with E-state index in [9.17, 15) is 26.7 Å². The summed E-state index contributed by atoms with van der Waals surface area (Å²) in [6, 6.07) is 1.92. The van der Waals surface area contributed by atoms with Gasteiger partial charge < -0.3 is 0 Å². The van der Waals surface area contributed by atoms with Crippen LogP contribution in [0, 0.1) is 0 Å². The number of carbonyl (C=O) groups is 1.